The zero-order valence-corrected chi connectivity index (χ0v) is 19.9. The third-order valence-corrected chi connectivity index (χ3v) is 6.81. The van der Waals surface area contributed by atoms with Crippen LogP contribution in [-0.4, -0.2) is 58.4 Å². The second kappa shape index (κ2) is 8.64. The minimum Gasteiger partial charge on any atom is -0.497 e. The summed E-state index contributed by atoms with van der Waals surface area (Å²) in [6.45, 7) is 0.199. The van der Waals surface area contributed by atoms with E-state index in [0.717, 1.165) is 28.6 Å². The molecule has 0 bridgehead atoms. The lowest BCUT2D eigenvalue weighted by Gasteiger charge is -2.26. The number of aliphatic imine (C=N–C) groups is 1. The van der Waals surface area contributed by atoms with Crippen LogP contribution in [0.15, 0.2) is 53.7 Å². The molecule has 10 heteroatoms. The highest BCUT2D eigenvalue weighted by molar-refractivity contribution is 6.10. The minimum atomic E-state index is -1.59. The number of allylic oxidation sites excluding steroid dienone is 1. The molecule has 37 heavy (non-hydrogen) atoms. The Labute approximate surface area is 211 Å². The Kier molecular flexibility index (Phi) is 5.26. The summed E-state index contributed by atoms with van der Waals surface area (Å²) in [5, 5.41) is 13.4. The Hall–Kier alpha value is -4.91. The number of nitrogens with one attached hydrogen (secondary N) is 3. The van der Waals surface area contributed by atoms with Crippen molar-refractivity contribution in [2.75, 3.05) is 13.7 Å². The first-order valence-electron chi connectivity index (χ1n) is 11.7. The van der Waals surface area contributed by atoms with Crippen molar-refractivity contribution < 1.29 is 19.1 Å². The standard InChI is InChI=1S/C27H22N6O4/c1-37-19-4-3-18-14-33(24(34)21(18)13-19)15-27(25(35)29-26(36)30-27)9-6-16-2-5-20-22(12-16)31-32-23(20)17-7-10-28-11-8-17/h2-5,7,10-13,17H,8,14-15H2,1H3,(H,31,32)(H2,29,30,35,36). The number of aromatic nitrogens is 2. The number of H-pyrrole nitrogens is 1. The Bertz CT molecular complexity index is 1590. The molecule has 2 unspecified atom stereocenters. The summed E-state index contributed by atoms with van der Waals surface area (Å²) in [4.78, 5) is 43.7. The Morgan fingerprint density at radius 2 is 2.08 bits per heavy atom. The van der Waals surface area contributed by atoms with Crippen LogP contribution in [0.2, 0.25) is 0 Å². The van der Waals surface area contributed by atoms with Gasteiger partial charge in [-0.2, -0.15) is 5.10 Å². The molecule has 0 spiro atoms. The van der Waals surface area contributed by atoms with Gasteiger partial charge in [-0.25, -0.2) is 4.79 Å². The topological polar surface area (TPSA) is 129 Å². The first-order valence-corrected chi connectivity index (χ1v) is 11.7. The molecule has 4 amide bonds. The molecule has 184 valence electrons. The molecule has 1 saturated heterocycles. The molecule has 3 aromatic rings. The Balaban J connectivity index is 1.29. The number of hydrogen-bond acceptors (Lipinski definition) is 6. The van der Waals surface area contributed by atoms with Gasteiger partial charge in [0.15, 0.2) is 0 Å². The van der Waals surface area contributed by atoms with E-state index in [1.165, 1.54) is 12.0 Å². The fourth-order valence-electron chi connectivity index (χ4n) is 4.87. The average Bonchev–Trinajstić information content (AvgIpc) is 3.56. The summed E-state index contributed by atoms with van der Waals surface area (Å²) in [5.74, 6) is 5.85. The van der Waals surface area contributed by atoms with E-state index in [1.54, 1.807) is 18.3 Å². The number of ether oxygens (including phenoxy) is 1. The summed E-state index contributed by atoms with van der Waals surface area (Å²) in [6.07, 6.45) is 6.47. The number of aromatic amines is 1. The lowest BCUT2D eigenvalue weighted by Crippen LogP contribution is -2.54. The highest BCUT2D eigenvalue weighted by Gasteiger charge is 2.48. The zero-order valence-electron chi connectivity index (χ0n) is 19.9. The molecule has 3 aliphatic heterocycles. The maximum Gasteiger partial charge on any atom is 0.323 e. The van der Waals surface area contributed by atoms with Crippen molar-refractivity contribution in [1.29, 1.82) is 0 Å². The first-order chi connectivity index (χ1) is 18.0. The molecule has 0 radical (unpaired) electrons. The number of amides is 4. The van der Waals surface area contributed by atoms with E-state index >= 15 is 0 Å². The van der Waals surface area contributed by atoms with E-state index < -0.39 is 17.5 Å². The van der Waals surface area contributed by atoms with Gasteiger partial charge in [0.25, 0.3) is 11.8 Å². The molecule has 0 aliphatic carbocycles. The quantitative estimate of drug-likeness (QED) is 0.379. The number of rotatable bonds is 4. The van der Waals surface area contributed by atoms with Gasteiger partial charge in [0.2, 0.25) is 5.54 Å². The van der Waals surface area contributed by atoms with Gasteiger partial charge in [0.1, 0.15) is 5.75 Å². The van der Waals surface area contributed by atoms with E-state index in [0.29, 0.717) is 23.4 Å². The third kappa shape index (κ3) is 3.90. The van der Waals surface area contributed by atoms with E-state index in [-0.39, 0.29) is 18.4 Å². The molecular weight excluding hydrogens is 472 g/mol. The molecule has 1 aromatic heterocycles. The highest BCUT2D eigenvalue weighted by Crippen LogP contribution is 2.30. The smallest absolute Gasteiger partial charge is 0.323 e. The number of carbonyl (C=O) groups is 3. The molecular formula is C27H22N6O4. The van der Waals surface area contributed by atoms with Crippen LogP contribution in [0.4, 0.5) is 4.79 Å². The largest absolute Gasteiger partial charge is 0.497 e. The molecule has 6 rings (SSSR count). The maximum atomic E-state index is 13.1. The number of urea groups is 1. The third-order valence-electron chi connectivity index (χ3n) is 6.81. The van der Waals surface area contributed by atoms with Crippen molar-refractivity contribution in [2.24, 2.45) is 4.99 Å². The molecule has 3 aliphatic rings. The van der Waals surface area contributed by atoms with Crippen LogP contribution in [0, 0.1) is 11.8 Å². The number of benzene rings is 2. The molecule has 2 atom stereocenters. The van der Waals surface area contributed by atoms with Gasteiger partial charge in [-0.1, -0.05) is 24.0 Å². The molecule has 10 nitrogen and oxygen atoms in total. The molecule has 1 fully saturated rings. The molecule has 3 N–H and O–H groups in total. The summed E-state index contributed by atoms with van der Waals surface area (Å²) in [5.41, 5.74) is 2.10. The number of hydrogen-bond donors (Lipinski definition) is 3. The maximum absolute atomic E-state index is 13.1. The second-order valence-electron chi connectivity index (χ2n) is 9.13. The summed E-state index contributed by atoms with van der Waals surface area (Å²) in [6, 6.07) is 10.2. The lowest BCUT2D eigenvalue weighted by atomic mass is 9.96. The van der Waals surface area contributed by atoms with Crippen molar-refractivity contribution in [3.05, 3.63) is 71.1 Å². The van der Waals surface area contributed by atoms with E-state index in [2.05, 4.69) is 37.7 Å². The van der Waals surface area contributed by atoms with Gasteiger partial charge in [-0.05, 0) is 42.3 Å². The van der Waals surface area contributed by atoms with Gasteiger partial charge >= 0.3 is 6.03 Å². The van der Waals surface area contributed by atoms with Crippen LogP contribution in [0.1, 0.15) is 39.5 Å². The number of imide groups is 1. The van der Waals surface area contributed by atoms with Crippen LogP contribution in [0.3, 0.4) is 0 Å². The highest BCUT2D eigenvalue weighted by atomic mass is 16.5. The van der Waals surface area contributed by atoms with Gasteiger partial charge in [0, 0.05) is 41.4 Å². The predicted molar refractivity (Wildman–Crippen MR) is 135 cm³/mol. The monoisotopic (exact) mass is 494 g/mol. The van der Waals surface area contributed by atoms with Crippen LogP contribution in [-0.2, 0) is 11.3 Å². The van der Waals surface area contributed by atoms with Gasteiger partial charge < -0.3 is 15.0 Å². The fraction of sp³-hybridized carbons (Fsp3) is 0.222. The van der Waals surface area contributed by atoms with Gasteiger partial charge in [-0.15, -0.1) is 0 Å². The van der Waals surface area contributed by atoms with Gasteiger partial charge in [-0.3, -0.25) is 25.0 Å². The van der Waals surface area contributed by atoms with Crippen molar-refractivity contribution in [3.63, 3.8) is 0 Å². The first kappa shape index (κ1) is 22.5. The van der Waals surface area contributed by atoms with E-state index in [4.69, 9.17) is 4.74 Å². The minimum absolute atomic E-state index is 0.0994. The summed E-state index contributed by atoms with van der Waals surface area (Å²) < 4.78 is 5.23. The Morgan fingerprint density at radius 3 is 2.84 bits per heavy atom. The van der Waals surface area contributed by atoms with E-state index in [1.807, 2.05) is 36.6 Å². The average molecular weight is 495 g/mol. The van der Waals surface area contributed by atoms with Crippen LogP contribution in [0.5, 0.6) is 5.75 Å². The van der Waals surface area contributed by atoms with Crippen LogP contribution < -0.4 is 15.4 Å². The number of fused-ring (bicyclic) bond motifs is 2. The fourth-order valence-corrected chi connectivity index (χ4v) is 4.87. The van der Waals surface area contributed by atoms with E-state index in [9.17, 15) is 14.4 Å². The molecule has 0 saturated carbocycles. The van der Waals surface area contributed by atoms with Gasteiger partial charge in [0.05, 0.1) is 24.9 Å². The van der Waals surface area contributed by atoms with Crippen molar-refractivity contribution in [2.45, 2.75) is 24.4 Å². The lowest BCUT2D eigenvalue weighted by molar-refractivity contribution is -0.122. The number of methoxy groups -OCH3 is 1. The normalized spacial score (nSPS) is 22.0. The number of nitrogens with zero attached hydrogens (tertiary/aromatic N) is 3. The van der Waals surface area contributed by atoms with Crippen LogP contribution in [0.25, 0.3) is 10.9 Å². The van der Waals surface area contributed by atoms with Crippen molar-refractivity contribution in [1.82, 2.24) is 25.7 Å². The molecule has 2 aromatic carbocycles. The molecule has 4 heterocycles. The van der Waals surface area contributed by atoms with Crippen molar-refractivity contribution in [3.8, 4) is 17.6 Å². The SMILES string of the molecule is COc1ccc2c(c1)C(=O)N(CC1(C#Cc3ccc4c(C5C=CN=CC5)[nH]nc4c3)NC(=O)NC1=O)C2. The second-order valence-corrected chi connectivity index (χ2v) is 9.13. The summed E-state index contributed by atoms with van der Waals surface area (Å²) in [7, 11) is 1.53. The number of carbonyl (C=O) groups excluding carboxylic acids is 3. The van der Waals surface area contributed by atoms with Crippen molar-refractivity contribution >= 4 is 35.0 Å². The summed E-state index contributed by atoms with van der Waals surface area (Å²) >= 11 is 0. The zero-order chi connectivity index (χ0) is 25.6. The predicted octanol–water partition coefficient (Wildman–Crippen LogP) is 2.23. The Morgan fingerprint density at radius 1 is 1.19 bits per heavy atom. The van der Waals surface area contributed by atoms with Crippen LogP contribution >= 0.6 is 0 Å².